The summed E-state index contributed by atoms with van der Waals surface area (Å²) in [6.45, 7) is 0. The molecule has 2 heterocycles. The molecule has 1 aliphatic carbocycles. The third-order valence-corrected chi connectivity index (χ3v) is 5.41. The highest BCUT2D eigenvalue weighted by Gasteiger charge is 2.39. The van der Waals surface area contributed by atoms with Gasteiger partial charge in [0.2, 0.25) is 5.91 Å². The smallest absolute Gasteiger partial charge is 0.230 e. The Kier molecular flexibility index (Phi) is 4.65. The lowest BCUT2D eigenvalue weighted by Gasteiger charge is -2.36. The highest BCUT2D eigenvalue weighted by atomic mass is 16.2. The summed E-state index contributed by atoms with van der Waals surface area (Å²) in [4.78, 5) is 21.9. The largest absolute Gasteiger partial charge is 0.324 e. The van der Waals surface area contributed by atoms with E-state index in [1.807, 2.05) is 42.6 Å². The van der Waals surface area contributed by atoms with Crippen molar-refractivity contribution in [3.63, 3.8) is 0 Å². The summed E-state index contributed by atoms with van der Waals surface area (Å²) in [7, 11) is 0. The highest BCUT2D eigenvalue weighted by Crippen LogP contribution is 2.40. The van der Waals surface area contributed by atoms with Crippen LogP contribution in [0, 0.1) is 5.41 Å². The van der Waals surface area contributed by atoms with E-state index in [0.717, 1.165) is 54.3 Å². The van der Waals surface area contributed by atoms with Crippen molar-refractivity contribution in [1.29, 1.82) is 0 Å². The molecule has 0 atom stereocenters. The number of anilines is 1. The number of hydrogen-bond acceptors (Lipinski definition) is 3. The van der Waals surface area contributed by atoms with E-state index in [4.69, 9.17) is 0 Å². The third kappa shape index (κ3) is 3.45. The maximum Gasteiger partial charge on any atom is 0.230 e. The monoisotopic (exact) mass is 345 g/mol. The number of carbonyl (C=O) groups is 1. The van der Waals surface area contributed by atoms with Crippen molar-refractivity contribution in [2.75, 3.05) is 5.32 Å². The minimum atomic E-state index is -0.354. The van der Waals surface area contributed by atoms with Gasteiger partial charge in [-0.1, -0.05) is 43.5 Å². The van der Waals surface area contributed by atoms with Gasteiger partial charge in [-0.05, 0) is 43.0 Å². The number of nitrogens with one attached hydrogen (secondary N) is 1. The van der Waals surface area contributed by atoms with E-state index in [0.29, 0.717) is 0 Å². The minimum absolute atomic E-state index is 0.109. The zero-order valence-corrected chi connectivity index (χ0v) is 14.8. The first kappa shape index (κ1) is 16.7. The van der Waals surface area contributed by atoms with E-state index in [9.17, 15) is 4.79 Å². The lowest BCUT2D eigenvalue weighted by Crippen LogP contribution is -2.40. The maximum atomic E-state index is 13.3. The quantitative estimate of drug-likeness (QED) is 0.741. The predicted octanol–water partition coefficient (Wildman–Crippen LogP) is 4.76. The second-order valence-corrected chi connectivity index (χ2v) is 7.25. The van der Waals surface area contributed by atoms with E-state index < -0.39 is 0 Å². The summed E-state index contributed by atoms with van der Waals surface area (Å²) in [6, 6.07) is 14.0. The topological polar surface area (TPSA) is 54.9 Å². The van der Waals surface area contributed by atoms with Crippen LogP contribution in [-0.2, 0) is 11.2 Å². The molecule has 0 saturated heterocycles. The van der Waals surface area contributed by atoms with E-state index in [1.165, 1.54) is 6.42 Å². The number of nitrogens with zero attached hydrogens (tertiary/aromatic N) is 2. The predicted molar refractivity (Wildman–Crippen MR) is 104 cm³/mol. The Balaban J connectivity index is 1.59. The number of carbonyl (C=O) groups excluding carboxylic acids is 1. The van der Waals surface area contributed by atoms with Crippen LogP contribution in [-0.4, -0.2) is 15.9 Å². The molecular formula is C22H23N3O. The molecule has 0 aliphatic heterocycles. The summed E-state index contributed by atoms with van der Waals surface area (Å²) in [5, 5.41) is 4.18. The molecule has 1 aliphatic rings. The Morgan fingerprint density at radius 1 is 1.04 bits per heavy atom. The Hall–Kier alpha value is -2.75. The molecule has 4 nitrogen and oxygen atoms in total. The number of fused-ring (bicyclic) bond motifs is 1. The van der Waals surface area contributed by atoms with Crippen molar-refractivity contribution < 1.29 is 4.79 Å². The van der Waals surface area contributed by atoms with Crippen LogP contribution in [0.4, 0.5) is 5.69 Å². The molecule has 2 aromatic heterocycles. The van der Waals surface area contributed by atoms with Crippen LogP contribution >= 0.6 is 0 Å². The van der Waals surface area contributed by atoms with Crippen LogP contribution in [0.3, 0.4) is 0 Å². The number of benzene rings is 1. The van der Waals surface area contributed by atoms with Crippen LogP contribution < -0.4 is 5.32 Å². The molecule has 1 aromatic carbocycles. The third-order valence-electron chi connectivity index (χ3n) is 5.41. The van der Waals surface area contributed by atoms with Crippen molar-refractivity contribution in [1.82, 2.24) is 9.97 Å². The van der Waals surface area contributed by atoms with Gasteiger partial charge in [0.05, 0.1) is 22.8 Å². The van der Waals surface area contributed by atoms with Gasteiger partial charge in [0.1, 0.15) is 0 Å². The van der Waals surface area contributed by atoms with Gasteiger partial charge in [-0.3, -0.25) is 14.8 Å². The zero-order valence-electron chi connectivity index (χ0n) is 14.8. The molecule has 26 heavy (non-hydrogen) atoms. The van der Waals surface area contributed by atoms with Crippen LogP contribution in [0.5, 0.6) is 0 Å². The molecule has 3 aromatic rings. The van der Waals surface area contributed by atoms with Crippen molar-refractivity contribution in [2.24, 2.45) is 5.41 Å². The first-order valence-electron chi connectivity index (χ1n) is 9.30. The van der Waals surface area contributed by atoms with Gasteiger partial charge in [-0.15, -0.1) is 0 Å². The number of amides is 1. The Bertz CT molecular complexity index is 901. The Labute approximate surface area is 153 Å². The first-order valence-corrected chi connectivity index (χ1v) is 9.30. The molecule has 1 saturated carbocycles. The number of pyridine rings is 2. The summed E-state index contributed by atoms with van der Waals surface area (Å²) in [5.41, 5.74) is 2.48. The normalized spacial score (nSPS) is 16.3. The molecule has 132 valence electrons. The fourth-order valence-electron chi connectivity index (χ4n) is 4.01. The molecule has 0 unspecified atom stereocenters. The van der Waals surface area contributed by atoms with Crippen molar-refractivity contribution in [3.8, 4) is 0 Å². The summed E-state index contributed by atoms with van der Waals surface area (Å²) in [6.07, 6.45) is 11.4. The second-order valence-electron chi connectivity index (χ2n) is 7.25. The van der Waals surface area contributed by atoms with Crippen LogP contribution in [0.2, 0.25) is 0 Å². The molecule has 1 amide bonds. The van der Waals surface area contributed by atoms with Gasteiger partial charge < -0.3 is 5.32 Å². The van der Waals surface area contributed by atoms with Crippen molar-refractivity contribution >= 4 is 22.5 Å². The molecule has 1 N–H and O–H groups in total. The van der Waals surface area contributed by atoms with Crippen LogP contribution in [0.15, 0.2) is 61.1 Å². The van der Waals surface area contributed by atoms with Gasteiger partial charge >= 0.3 is 0 Å². The van der Waals surface area contributed by atoms with Gasteiger partial charge in [0.15, 0.2) is 0 Å². The van der Waals surface area contributed by atoms with Gasteiger partial charge in [0.25, 0.3) is 0 Å². The summed E-state index contributed by atoms with van der Waals surface area (Å²) < 4.78 is 0. The van der Waals surface area contributed by atoms with E-state index >= 15 is 0 Å². The number of rotatable bonds is 4. The number of hydrogen-bond donors (Lipinski definition) is 1. The number of aromatic nitrogens is 2. The lowest BCUT2D eigenvalue weighted by atomic mass is 9.69. The second kappa shape index (κ2) is 7.24. The van der Waals surface area contributed by atoms with Gasteiger partial charge in [-0.2, -0.15) is 0 Å². The molecule has 1 fully saturated rings. The van der Waals surface area contributed by atoms with Gasteiger partial charge in [-0.25, -0.2) is 0 Å². The van der Waals surface area contributed by atoms with Crippen molar-refractivity contribution in [3.05, 3.63) is 66.6 Å². The first-order chi connectivity index (χ1) is 12.8. The Morgan fingerprint density at radius 3 is 2.69 bits per heavy atom. The van der Waals surface area contributed by atoms with E-state index in [2.05, 4.69) is 21.4 Å². The van der Waals surface area contributed by atoms with Crippen LogP contribution in [0.25, 0.3) is 10.9 Å². The molecule has 4 rings (SSSR count). The number of para-hydroxylation sites is 1. The zero-order chi connectivity index (χ0) is 17.8. The highest BCUT2D eigenvalue weighted by molar-refractivity contribution is 5.97. The molecule has 0 bridgehead atoms. The molecular weight excluding hydrogens is 322 g/mol. The fourth-order valence-corrected chi connectivity index (χ4v) is 4.01. The Morgan fingerprint density at radius 2 is 1.88 bits per heavy atom. The van der Waals surface area contributed by atoms with E-state index in [-0.39, 0.29) is 11.3 Å². The van der Waals surface area contributed by atoms with Gasteiger partial charge in [0, 0.05) is 17.8 Å². The molecule has 4 heteroatoms. The SMILES string of the molecule is O=C(Nc1cnc2ccccc2c1)C1(Cc2cccnc2)CCCCC1. The van der Waals surface area contributed by atoms with Crippen LogP contribution in [0.1, 0.15) is 37.7 Å². The summed E-state index contributed by atoms with van der Waals surface area (Å²) >= 11 is 0. The lowest BCUT2D eigenvalue weighted by molar-refractivity contribution is -0.127. The van der Waals surface area contributed by atoms with E-state index in [1.54, 1.807) is 12.4 Å². The fraction of sp³-hybridized carbons (Fsp3) is 0.318. The average molecular weight is 345 g/mol. The molecule has 0 spiro atoms. The maximum absolute atomic E-state index is 13.3. The summed E-state index contributed by atoms with van der Waals surface area (Å²) in [5.74, 6) is 0.109. The molecule has 0 radical (unpaired) electrons. The minimum Gasteiger partial charge on any atom is -0.324 e. The standard InChI is InChI=1S/C22H23N3O/c26-21(25-19-13-18-8-2-3-9-20(18)24-16-19)22(10-4-1-5-11-22)14-17-7-6-12-23-15-17/h2-3,6-9,12-13,15-16H,1,4-5,10-11,14H2,(H,25,26). The average Bonchev–Trinajstić information content (AvgIpc) is 2.69. The van der Waals surface area contributed by atoms with Crippen molar-refractivity contribution in [2.45, 2.75) is 38.5 Å².